The molecule has 0 amide bonds. The molecule has 2 rings (SSSR count). The van der Waals surface area contributed by atoms with Gasteiger partial charge in [0.15, 0.2) is 0 Å². The van der Waals surface area contributed by atoms with Crippen molar-refractivity contribution < 1.29 is 0 Å². The number of pyridine rings is 1. The molecule has 1 aliphatic rings. The first kappa shape index (κ1) is 11.2. The van der Waals surface area contributed by atoms with Crippen LogP contribution in [-0.2, 0) is 0 Å². The highest BCUT2D eigenvalue weighted by atomic mass is 15.2. The van der Waals surface area contributed by atoms with Gasteiger partial charge in [-0.15, -0.1) is 0 Å². The van der Waals surface area contributed by atoms with Crippen molar-refractivity contribution >= 4 is 11.4 Å². The second kappa shape index (κ2) is 4.73. The third-order valence-corrected chi connectivity index (χ3v) is 3.12. The quantitative estimate of drug-likeness (QED) is 0.825. The van der Waals surface area contributed by atoms with E-state index in [4.69, 9.17) is 0 Å². The topological polar surface area (TPSA) is 28.2 Å². The van der Waals surface area contributed by atoms with Crippen molar-refractivity contribution in [2.24, 2.45) is 5.92 Å². The lowest BCUT2D eigenvalue weighted by molar-refractivity contribution is 0.644. The molecule has 0 bridgehead atoms. The van der Waals surface area contributed by atoms with Gasteiger partial charge in [0.2, 0.25) is 0 Å². The smallest absolute Gasteiger partial charge is 0.0575 e. The summed E-state index contributed by atoms with van der Waals surface area (Å²) in [6.45, 7) is 5.66. The first-order chi connectivity index (χ1) is 7.70. The number of hydrogen-bond acceptors (Lipinski definition) is 3. The maximum atomic E-state index is 4.28. The predicted octanol–water partition coefficient (Wildman–Crippen LogP) is 2.75. The van der Waals surface area contributed by atoms with E-state index in [1.807, 2.05) is 19.4 Å². The van der Waals surface area contributed by atoms with Crippen LogP contribution in [0.3, 0.4) is 0 Å². The van der Waals surface area contributed by atoms with Crippen molar-refractivity contribution in [2.75, 3.05) is 23.8 Å². The molecule has 1 fully saturated rings. The Hall–Kier alpha value is -1.25. The lowest BCUT2D eigenvalue weighted by atomic mass is 10.2. The Morgan fingerprint density at radius 1 is 1.44 bits per heavy atom. The van der Waals surface area contributed by atoms with E-state index < -0.39 is 0 Å². The molecule has 1 aromatic heterocycles. The zero-order valence-electron chi connectivity index (χ0n) is 10.4. The normalized spacial score (nSPS) is 15.2. The zero-order chi connectivity index (χ0) is 11.5. The van der Waals surface area contributed by atoms with Crippen LogP contribution in [0, 0.1) is 5.92 Å². The number of hydrogen-bond donors (Lipinski definition) is 1. The molecule has 16 heavy (non-hydrogen) atoms. The summed E-state index contributed by atoms with van der Waals surface area (Å²) in [7, 11) is 1.93. The van der Waals surface area contributed by atoms with Crippen LogP contribution in [0.4, 0.5) is 11.4 Å². The summed E-state index contributed by atoms with van der Waals surface area (Å²) >= 11 is 0. The Labute approximate surface area is 97.9 Å². The van der Waals surface area contributed by atoms with Crippen LogP contribution >= 0.6 is 0 Å². The largest absolute Gasteiger partial charge is 0.387 e. The third-order valence-electron chi connectivity index (χ3n) is 3.12. The summed E-state index contributed by atoms with van der Waals surface area (Å²) in [5.74, 6) is 0.903. The fraction of sp³-hybridized carbons (Fsp3) is 0.615. The highest BCUT2D eigenvalue weighted by Gasteiger charge is 2.25. The molecular weight excluding hydrogens is 198 g/mol. The van der Waals surface area contributed by atoms with Crippen molar-refractivity contribution in [1.29, 1.82) is 0 Å². The molecule has 0 unspecified atom stereocenters. The summed E-state index contributed by atoms with van der Waals surface area (Å²) in [5, 5.41) is 3.14. The molecule has 1 aliphatic carbocycles. The van der Waals surface area contributed by atoms with Gasteiger partial charge in [0.1, 0.15) is 0 Å². The van der Waals surface area contributed by atoms with Crippen molar-refractivity contribution in [3.8, 4) is 0 Å². The third kappa shape index (κ3) is 2.65. The van der Waals surface area contributed by atoms with Crippen LogP contribution in [0.5, 0.6) is 0 Å². The van der Waals surface area contributed by atoms with Crippen LogP contribution in [-0.4, -0.2) is 24.6 Å². The first-order valence-electron chi connectivity index (χ1n) is 6.10. The number of rotatable bonds is 5. The number of nitrogens with zero attached hydrogens (tertiary/aromatic N) is 2. The van der Waals surface area contributed by atoms with E-state index >= 15 is 0 Å². The van der Waals surface area contributed by atoms with Crippen molar-refractivity contribution in [2.45, 2.75) is 32.7 Å². The first-order valence-corrected chi connectivity index (χ1v) is 6.10. The predicted molar refractivity (Wildman–Crippen MR) is 69.0 cm³/mol. The lowest BCUT2D eigenvalue weighted by Crippen LogP contribution is -2.32. The van der Waals surface area contributed by atoms with E-state index in [0.717, 1.165) is 11.6 Å². The lowest BCUT2D eigenvalue weighted by Gasteiger charge is -2.29. The van der Waals surface area contributed by atoms with Crippen LogP contribution in [0.1, 0.15) is 26.7 Å². The van der Waals surface area contributed by atoms with Gasteiger partial charge in [0, 0.05) is 19.6 Å². The van der Waals surface area contributed by atoms with E-state index in [0.29, 0.717) is 6.04 Å². The van der Waals surface area contributed by atoms with Gasteiger partial charge in [0.25, 0.3) is 0 Å². The highest BCUT2D eigenvalue weighted by Crippen LogP contribution is 2.32. The Morgan fingerprint density at radius 2 is 2.19 bits per heavy atom. The Kier molecular flexibility index (Phi) is 3.32. The van der Waals surface area contributed by atoms with Crippen molar-refractivity contribution in [1.82, 2.24) is 4.98 Å². The molecule has 3 heteroatoms. The van der Waals surface area contributed by atoms with Crippen molar-refractivity contribution in [3.05, 3.63) is 18.5 Å². The second-order valence-electron chi connectivity index (χ2n) is 4.87. The number of anilines is 2. The molecule has 88 valence electrons. The molecule has 3 nitrogen and oxygen atoms in total. The summed E-state index contributed by atoms with van der Waals surface area (Å²) in [4.78, 5) is 6.73. The molecular formula is C13H21N3. The molecule has 0 atom stereocenters. The number of nitrogens with one attached hydrogen (secondary N) is 1. The van der Waals surface area contributed by atoms with Crippen LogP contribution in [0.15, 0.2) is 18.5 Å². The monoisotopic (exact) mass is 219 g/mol. The molecule has 0 aliphatic heterocycles. The SMILES string of the molecule is CNc1cncc(N(CC2CC2)C(C)C)c1. The molecule has 0 radical (unpaired) electrons. The number of aromatic nitrogens is 1. The Balaban J connectivity index is 2.15. The Morgan fingerprint density at radius 3 is 2.75 bits per heavy atom. The van der Waals surface area contributed by atoms with E-state index in [1.54, 1.807) is 0 Å². The minimum absolute atomic E-state index is 0.537. The molecule has 0 aromatic carbocycles. The summed E-state index contributed by atoms with van der Waals surface area (Å²) in [5.41, 5.74) is 2.31. The van der Waals surface area contributed by atoms with Gasteiger partial charge in [-0.3, -0.25) is 4.98 Å². The molecule has 1 aromatic rings. The maximum absolute atomic E-state index is 4.28. The molecule has 0 spiro atoms. The fourth-order valence-corrected chi connectivity index (χ4v) is 1.91. The average molecular weight is 219 g/mol. The average Bonchev–Trinajstić information content (AvgIpc) is 3.09. The molecule has 1 N–H and O–H groups in total. The second-order valence-corrected chi connectivity index (χ2v) is 4.87. The van der Waals surface area contributed by atoms with Gasteiger partial charge in [0.05, 0.1) is 23.8 Å². The summed E-state index contributed by atoms with van der Waals surface area (Å²) in [6, 6.07) is 2.71. The van der Waals surface area contributed by atoms with Gasteiger partial charge in [-0.25, -0.2) is 0 Å². The summed E-state index contributed by atoms with van der Waals surface area (Å²) < 4.78 is 0. The van der Waals surface area contributed by atoms with Gasteiger partial charge in [-0.2, -0.15) is 0 Å². The van der Waals surface area contributed by atoms with E-state index in [2.05, 4.69) is 35.1 Å². The molecule has 1 heterocycles. The standard InChI is InChI=1S/C13H21N3/c1-10(2)16(9-11-4-5-11)13-6-12(14-3)7-15-8-13/h6-8,10-11,14H,4-5,9H2,1-3H3. The van der Waals surface area contributed by atoms with Gasteiger partial charge < -0.3 is 10.2 Å². The fourth-order valence-electron chi connectivity index (χ4n) is 1.91. The van der Waals surface area contributed by atoms with Crippen LogP contribution < -0.4 is 10.2 Å². The zero-order valence-corrected chi connectivity index (χ0v) is 10.4. The van der Waals surface area contributed by atoms with Gasteiger partial charge >= 0.3 is 0 Å². The maximum Gasteiger partial charge on any atom is 0.0575 e. The van der Waals surface area contributed by atoms with Crippen LogP contribution in [0.2, 0.25) is 0 Å². The van der Waals surface area contributed by atoms with Crippen LogP contribution in [0.25, 0.3) is 0 Å². The minimum Gasteiger partial charge on any atom is -0.387 e. The van der Waals surface area contributed by atoms with Gasteiger partial charge in [-0.05, 0) is 38.7 Å². The van der Waals surface area contributed by atoms with E-state index in [1.165, 1.54) is 25.1 Å². The van der Waals surface area contributed by atoms with Gasteiger partial charge in [-0.1, -0.05) is 0 Å². The van der Waals surface area contributed by atoms with E-state index in [-0.39, 0.29) is 0 Å². The Bertz CT molecular complexity index is 345. The van der Waals surface area contributed by atoms with Crippen molar-refractivity contribution in [3.63, 3.8) is 0 Å². The minimum atomic E-state index is 0.537. The summed E-state index contributed by atoms with van der Waals surface area (Å²) in [6.07, 6.45) is 6.60. The highest BCUT2D eigenvalue weighted by molar-refractivity contribution is 5.55. The van der Waals surface area contributed by atoms with E-state index in [9.17, 15) is 0 Å². The molecule has 0 saturated heterocycles. The molecule has 1 saturated carbocycles.